The molecule has 1 fully saturated rings. The first-order valence-electron chi connectivity index (χ1n) is 11.2. The van der Waals surface area contributed by atoms with Gasteiger partial charge in [-0.2, -0.15) is 13.2 Å². The third kappa shape index (κ3) is 4.67. The molecule has 0 aliphatic carbocycles. The molecule has 1 aromatic heterocycles. The molecule has 0 spiro atoms. The van der Waals surface area contributed by atoms with Crippen molar-refractivity contribution in [3.05, 3.63) is 89.5 Å². The number of aromatic nitrogens is 2. The van der Waals surface area contributed by atoms with Gasteiger partial charge in [0, 0.05) is 36.3 Å². The molecule has 1 saturated heterocycles. The molecule has 2 aliphatic heterocycles. The summed E-state index contributed by atoms with van der Waals surface area (Å²) in [6.07, 6.45) is 2.48. The minimum Gasteiger partial charge on any atom is -0.466 e. The lowest BCUT2D eigenvalue weighted by atomic mass is 9.99. The van der Waals surface area contributed by atoms with Crippen LogP contribution in [0.25, 0.3) is 0 Å². The van der Waals surface area contributed by atoms with Crippen LogP contribution in [0.3, 0.4) is 0 Å². The molecule has 0 saturated carbocycles. The van der Waals surface area contributed by atoms with E-state index >= 15 is 0 Å². The van der Waals surface area contributed by atoms with Crippen LogP contribution in [-0.4, -0.2) is 40.3 Å². The molecule has 0 amide bonds. The van der Waals surface area contributed by atoms with E-state index in [0.29, 0.717) is 23.7 Å². The third-order valence-electron chi connectivity index (χ3n) is 6.15. The van der Waals surface area contributed by atoms with E-state index in [0.717, 1.165) is 37.1 Å². The second-order valence-electron chi connectivity index (χ2n) is 8.45. The number of ether oxygens (including phenoxy) is 1. The Hall–Kier alpha value is -3.30. The van der Waals surface area contributed by atoms with Crippen LogP contribution in [0.15, 0.2) is 72.0 Å². The molecule has 0 bridgehead atoms. The number of hydrogen-bond donors (Lipinski definition) is 1. The Kier molecular flexibility index (Phi) is 6.05. The molecule has 3 aromatic rings. The first-order chi connectivity index (χ1) is 16.4. The van der Waals surface area contributed by atoms with Gasteiger partial charge in [0.2, 0.25) is 5.72 Å². The molecule has 2 unspecified atom stereocenters. The minimum absolute atomic E-state index is 0.0911. The number of para-hydroxylation sites is 1. The summed E-state index contributed by atoms with van der Waals surface area (Å²) in [7, 11) is 0. The van der Waals surface area contributed by atoms with Crippen LogP contribution in [0.2, 0.25) is 0 Å². The molecule has 9 heteroatoms. The van der Waals surface area contributed by atoms with E-state index in [1.54, 1.807) is 24.7 Å². The molecule has 2 aromatic carbocycles. The number of fused-ring (bicyclic) bond motifs is 1. The zero-order valence-corrected chi connectivity index (χ0v) is 18.4. The van der Waals surface area contributed by atoms with Crippen LogP contribution in [0.1, 0.15) is 35.4 Å². The highest BCUT2D eigenvalue weighted by atomic mass is 19.4. The zero-order chi connectivity index (χ0) is 23.6. The van der Waals surface area contributed by atoms with Gasteiger partial charge in [-0.05, 0) is 43.2 Å². The summed E-state index contributed by atoms with van der Waals surface area (Å²) < 4.78 is 46.2. The topological polar surface area (TPSA) is 62.6 Å². The van der Waals surface area contributed by atoms with Crippen molar-refractivity contribution >= 4 is 6.21 Å². The maximum absolute atomic E-state index is 13.2. The predicted octanol–water partition coefficient (Wildman–Crippen LogP) is 4.37. The number of halogens is 3. The first kappa shape index (κ1) is 22.5. The Labute approximate surface area is 195 Å². The van der Waals surface area contributed by atoms with Gasteiger partial charge < -0.3 is 4.74 Å². The maximum atomic E-state index is 13.2. The number of likely N-dealkylation sites (tertiary alicyclic amines) is 1. The Bertz CT molecular complexity index is 1150. The van der Waals surface area contributed by atoms with E-state index in [9.17, 15) is 13.2 Å². The fraction of sp³-hybridized carbons (Fsp3) is 0.320. The van der Waals surface area contributed by atoms with Gasteiger partial charge >= 0.3 is 6.18 Å². The molecule has 5 rings (SSSR count). The number of nitrogens with one attached hydrogen (secondary N) is 1. The summed E-state index contributed by atoms with van der Waals surface area (Å²) in [4.78, 5) is 15.5. The van der Waals surface area contributed by atoms with E-state index < -0.39 is 17.5 Å². The first-order valence-corrected chi connectivity index (χ1v) is 11.2. The van der Waals surface area contributed by atoms with Gasteiger partial charge in [-0.1, -0.05) is 24.3 Å². The number of nitrogens with zero attached hydrogens (tertiary/aromatic N) is 4. The molecule has 3 heterocycles. The van der Waals surface area contributed by atoms with Gasteiger partial charge in [-0.15, -0.1) is 0 Å². The van der Waals surface area contributed by atoms with Crippen LogP contribution in [0, 0.1) is 0 Å². The summed E-state index contributed by atoms with van der Waals surface area (Å²) in [5.74, 6) is 1.33. The molecule has 1 N–H and O–H groups in total. The lowest BCUT2D eigenvalue weighted by molar-refractivity contribution is -0.137. The van der Waals surface area contributed by atoms with Crippen molar-refractivity contribution < 1.29 is 17.9 Å². The highest BCUT2D eigenvalue weighted by molar-refractivity contribution is 5.84. The molecule has 6 nitrogen and oxygen atoms in total. The molecule has 176 valence electrons. The standard InChI is InChI=1S/C25H24F3N5O/c26-25(27,28)20-10-8-19(9-11-20)24(17-29-15-18-5-1-2-6-21(18)34-24)32-23-7-3-14-33(23)16-22-30-12-4-13-31-22/h1-2,4-6,8-13,15,23,32H,3,7,14,16-17H2. The number of benzene rings is 2. The summed E-state index contributed by atoms with van der Waals surface area (Å²) >= 11 is 0. The van der Waals surface area contributed by atoms with Gasteiger partial charge in [0.15, 0.2) is 0 Å². The molecule has 2 atom stereocenters. The molecule has 34 heavy (non-hydrogen) atoms. The minimum atomic E-state index is -4.41. The van der Waals surface area contributed by atoms with Crippen molar-refractivity contribution in [1.82, 2.24) is 20.2 Å². The van der Waals surface area contributed by atoms with E-state index in [4.69, 9.17) is 4.74 Å². The summed E-state index contributed by atoms with van der Waals surface area (Å²) in [5, 5.41) is 3.61. The Morgan fingerprint density at radius 2 is 1.79 bits per heavy atom. The summed E-state index contributed by atoms with van der Waals surface area (Å²) in [5.41, 5.74) is -0.443. The van der Waals surface area contributed by atoms with Crippen LogP contribution in [0.5, 0.6) is 5.75 Å². The third-order valence-corrected chi connectivity index (χ3v) is 6.15. The quantitative estimate of drug-likeness (QED) is 0.604. The van der Waals surface area contributed by atoms with Gasteiger partial charge in [0.1, 0.15) is 11.6 Å². The van der Waals surface area contributed by atoms with Crippen molar-refractivity contribution in [3.8, 4) is 5.75 Å². The van der Waals surface area contributed by atoms with Crippen molar-refractivity contribution in [2.75, 3.05) is 13.1 Å². The van der Waals surface area contributed by atoms with Crippen LogP contribution in [0.4, 0.5) is 13.2 Å². The lowest BCUT2D eigenvalue weighted by Gasteiger charge is -2.39. The summed E-state index contributed by atoms with van der Waals surface area (Å²) in [6.45, 7) is 1.61. The number of hydrogen-bond acceptors (Lipinski definition) is 6. The highest BCUT2D eigenvalue weighted by Crippen LogP contribution is 2.35. The Morgan fingerprint density at radius 1 is 1.03 bits per heavy atom. The van der Waals surface area contributed by atoms with E-state index in [-0.39, 0.29) is 12.7 Å². The number of aliphatic imine (C=N–C) groups is 1. The monoisotopic (exact) mass is 467 g/mol. The average Bonchev–Trinajstić information content (AvgIpc) is 3.16. The highest BCUT2D eigenvalue weighted by Gasteiger charge is 2.41. The SMILES string of the molecule is FC(F)(F)c1ccc(C2(NC3CCCN3Cc3ncccn3)CN=Cc3ccccc3O2)cc1. The van der Waals surface area contributed by atoms with Crippen molar-refractivity contribution in [1.29, 1.82) is 0 Å². The average molecular weight is 467 g/mol. The predicted molar refractivity (Wildman–Crippen MR) is 121 cm³/mol. The summed E-state index contributed by atoms with van der Waals surface area (Å²) in [6, 6.07) is 14.4. The van der Waals surface area contributed by atoms with E-state index in [2.05, 4.69) is 25.2 Å². The van der Waals surface area contributed by atoms with Crippen LogP contribution < -0.4 is 10.1 Å². The van der Waals surface area contributed by atoms with E-state index in [1.165, 1.54) is 12.1 Å². The fourth-order valence-electron chi connectivity index (χ4n) is 4.45. The number of alkyl halides is 3. The fourth-order valence-corrected chi connectivity index (χ4v) is 4.45. The molecule has 0 radical (unpaired) electrons. The van der Waals surface area contributed by atoms with Gasteiger partial charge in [-0.25, -0.2) is 9.97 Å². The van der Waals surface area contributed by atoms with Gasteiger partial charge in [0.05, 0.1) is 24.8 Å². The number of rotatable bonds is 5. The van der Waals surface area contributed by atoms with E-state index in [1.807, 2.05) is 24.3 Å². The molecule has 2 aliphatic rings. The smallest absolute Gasteiger partial charge is 0.416 e. The van der Waals surface area contributed by atoms with Crippen LogP contribution in [-0.2, 0) is 18.4 Å². The van der Waals surface area contributed by atoms with Gasteiger partial charge in [0.25, 0.3) is 0 Å². The lowest BCUT2D eigenvalue weighted by Crippen LogP contribution is -2.57. The second-order valence-corrected chi connectivity index (χ2v) is 8.45. The van der Waals surface area contributed by atoms with Crippen molar-refractivity contribution in [3.63, 3.8) is 0 Å². The van der Waals surface area contributed by atoms with Crippen molar-refractivity contribution in [2.45, 2.75) is 37.5 Å². The Balaban J connectivity index is 1.49. The molecular weight excluding hydrogens is 443 g/mol. The zero-order valence-electron chi connectivity index (χ0n) is 18.4. The maximum Gasteiger partial charge on any atom is 0.416 e. The van der Waals surface area contributed by atoms with Crippen molar-refractivity contribution in [2.24, 2.45) is 4.99 Å². The van der Waals surface area contributed by atoms with Gasteiger partial charge in [-0.3, -0.25) is 15.2 Å². The second kappa shape index (κ2) is 9.15. The Morgan fingerprint density at radius 3 is 2.56 bits per heavy atom. The molecular formula is C25H24F3N5O. The normalized spacial score (nSPS) is 22.7. The largest absolute Gasteiger partial charge is 0.466 e. The van der Waals surface area contributed by atoms with Crippen LogP contribution >= 0.6 is 0 Å².